The SMILES string of the molecule is CC(C)Cc1cc(N2CCN(C(=O)OC(C)(C)C)CC2)c(C#N)cc1F.CC(C)Cc1cc(N2CCNCC2)c(C#N)cc1F.Cl. The predicted molar refractivity (Wildman–Crippen MR) is 182 cm³/mol. The minimum atomic E-state index is -0.523. The van der Waals surface area contributed by atoms with Crippen LogP contribution in [0, 0.1) is 46.1 Å². The van der Waals surface area contributed by atoms with Crippen molar-refractivity contribution in [3.63, 3.8) is 0 Å². The number of carbonyl (C=O) groups excluding carboxylic acids is 1. The van der Waals surface area contributed by atoms with E-state index in [0.29, 0.717) is 73.1 Å². The fourth-order valence-corrected chi connectivity index (χ4v) is 5.47. The fourth-order valence-electron chi connectivity index (χ4n) is 5.47. The number of nitrogens with one attached hydrogen (secondary N) is 1. The third-order valence-electron chi connectivity index (χ3n) is 7.56. The first-order chi connectivity index (χ1) is 21.2. The Morgan fingerprint density at radius 2 is 1.22 bits per heavy atom. The van der Waals surface area contributed by atoms with Gasteiger partial charge in [-0.2, -0.15) is 10.5 Å². The zero-order chi connectivity index (χ0) is 33.3. The molecule has 1 N–H and O–H groups in total. The Kier molecular flexibility index (Phi) is 14.6. The Hall–Kier alpha value is -3.60. The number of hydrogen-bond acceptors (Lipinski definition) is 7. The number of amides is 1. The summed E-state index contributed by atoms with van der Waals surface area (Å²) in [5, 5.41) is 21.9. The molecule has 0 bridgehead atoms. The monoisotopic (exact) mass is 658 g/mol. The maximum atomic E-state index is 14.2. The maximum absolute atomic E-state index is 14.2. The first-order valence-corrected chi connectivity index (χ1v) is 15.9. The summed E-state index contributed by atoms with van der Waals surface area (Å²) in [6, 6.07) is 10.6. The molecule has 8 nitrogen and oxygen atoms in total. The Balaban J connectivity index is 0.000000328. The van der Waals surface area contributed by atoms with Gasteiger partial charge in [0.05, 0.1) is 22.5 Å². The van der Waals surface area contributed by atoms with Crippen molar-refractivity contribution in [2.45, 2.75) is 66.9 Å². The third kappa shape index (κ3) is 11.0. The van der Waals surface area contributed by atoms with Gasteiger partial charge in [-0.25, -0.2) is 13.6 Å². The van der Waals surface area contributed by atoms with Crippen molar-refractivity contribution in [1.82, 2.24) is 10.2 Å². The van der Waals surface area contributed by atoms with Crippen LogP contribution in [-0.2, 0) is 17.6 Å². The van der Waals surface area contributed by atoms with Crippen LogP contribution in [0.5, 0.6) is 0 Å². The Labute approximate surface area is 279 Å². The Morgan fingerprint density at radius 1 is 0.804 bits per heavy atom. The van der Waals surface area contributed by atoms with Crippen molar-refractivity contribution >= 4 is 29.9 Å². The molecule has 0 aromatic heterocycles. The maximum Gasteiger partial charge on any atom is 0.410 e. The first kappa shape index (κ1) is 38.6. The molecule has 2 aromatic rings. The number of nitriles is 2. The van der Waals surface area contributed by atoms with Gasteiger partial charge < -0.3 is 24.8 Å². The summed E-state index contributed by atoms with van der Waals surface area (Å²) < 4.78 is 33.6. The molecule has 0 radical (unpaired) electrons. The zero-order valence-corrected chi connectivity index (χ0v) is 29.1. The Bertz CT molecular complexity index is 1400. The summed E-state index contributed by atoms with van der Waals surface area (Å²) in [7, 11) is 0. The molecule has 0 unspecified atom stereocenters. The lowest BCUT2D eigenvalue weighted by Gasteiger charge is -2.37. The highest BCUT2D eigenvalue weighted by molar-refractivity contribution is 5.85. The average Bonchev–Trinajstić information content (AvgIpc) is 2.98. The topological polar surface area (TPSA) is 95.6 Å². The Morgan fingerprint density at radius 3 is 1.59 bits per heavy atom. The zero-order valence-electron chi connectivity index (χ0n) is 28.3. The summed E-state index contributed by atoms with van der Waals surface area (Å²) in [6.07, 6.45) is 1.01. The second-order valence-electron chi connectivity index (χ2n) is 13.5. The lowest BCUT2D eigenvalue weighted by atomic mass is 9.99. The van der Waals surface area contributed by atoms with Crippen molar-refractivity contribution in [2.24, 2.45) is 11.8 Å². The van der Waals surface area contributed by atoms with Gasteiger partial charge in [0.2, 0.25) is 0 Å². The number of piperazine rings is 2. The van der Waals surface area contributed by atoms with E-state index >= 15 is 0 Å². The van der Waals surface area contributed by atoms with Crippen LogP contribution in [0.1, 0.15) is 70.7 Å². The molecule has 0 saturated carbocycles. The molecule has 2 aromatic carbocycles. The van der Waals surface area contributed by atoms with Crippen molar-refractivity contribution in [1.29, 1.82) is 10.5 Å². The van der Waals surface area contributed by atoms with Crippen molar-refractivity contribution in [3.8, 4) is 12.1 Å². The summed E-state index contributed by atoms with van der Waals surface area (Å²) in [5.41, 5.74) is 3.21. The van der Waals surface area contributed by atoms with E-state index in [1.165, 1.54) is 12.1 Å². The molecular formula is C35H49ClF2N6O2. The highest BCUT2D eigenvalue weighted by atomic mass is 35.5. The van der Waals surface area contributed by atoms with Gasteiger partial charge in [0.25, 0.3) is 0 Å². The van der Waals surface area contributed by atoms with Crippen LogP contribution in [0.4, 0.5) is 25.0 Å². The van der Waals surface area contributed by atoms with Gasteiger partial charge in [-0.1, -0.05) is 27.7 Å². The van der Waals surface area contributed by atoms with Gasteiger partial charge in [-0.15, -0.1) is 12.4 Å². The van der Waals surface area contributed by atoms with Gasteiger partial charge in [-0.3, -0.25) is 0 Å². The molecule has 4 rings (SSSR count). The number of benzene rings is 2. The molecule has 2 fully saturated rings. The molecule has 46 heavy (non-hydrogen) atoms. The van der Waals surface area contributed by atoms with Crippen LogP contribution in [0.25, 0.3) is 0 Å². The van der Waals surface area contributed by atoms with Gasteiger partial charge in [0.15, 0.2) is 0 Å². The third-order valence-corrected chi connectivity index (χ3v) is 7.56. The largest absolute Gasteiger partial charge is 0.444 e. The van der Waals surface area contributed by atoms with Gasteiger partial charge in [-0.05, 0) is 80.8 Å². The number of halogens is 3. The minimum Gasteiger partial charge on any atom is -0.444 e. The number of nitrogens with zero attached hydrogens (tertiary/aromatic N) is 5. The van der Waals surface area contributed by atoms with Gasteiger partial charge in [0, 0.05) is 52.4 Å². The molecule has 11 heteroatoms. The second kappa shape index (κ2) is 17.4. The van der Waals surface area contributed by atoms with E-state index in [0.717, 1.165) is 37.6 Å². The van der Waals surface area contributed by atoms with E-state index in [-0.39, 0.29) is 30.1 Å². The number of hydrogen-bond donors (Lipinski definition) is 1. The quantitative estimate of drug-likeness (QED) is 0.370. The molecule has 0 atom stereocenters. The molecule has 2 heterocycles. The van der Waals surface area contributed by atoms with E-state index in [1.807, 2.05) is 45.6 Å². The number of rotatable bonds is 6. The smallest absolute Gasteiger partial charge is 0.410 e. The van der Waals surface area contributed by atoms with Crippen molar-refractivity contribution < 1.29 is 18.3 Å². The van der Waals surface area contributed by atoms with Crippen LogP contribution in [-0.4, -0.2) is 69.0 Å². The number of anilines is 2. The van der Waals surface area contributed by atoms with E-state index in [9.17, 15) is 24.1 Å². The number of carbonyl (C=O) groups is 1. The summed E-state index contributed by atoms with van der Waals surface area (Å²) >= 11 is 0. The van der Waals surface area contributed by atoms with Crippen LogP contribution in [0.3, 0.4) is 0 Å². The average molecular weight is 659 g/mol. The molecule has 1 amide bonds. The summed E-state index contributed by atoms with van der Waals surface area (Å²) in [6.45, 7) is 19.5. The lowest BCUT2D eigenvalue weighted by molar-refractivity contribution is 0.0240. The number of ether oxygens (including phenoxy) is 1. The molecule has 0 spiro atoms. The molecule has 252 valence electrons. The fraction of sp³-hybridized carbons (Fsp3) is 0.571. The highest BCUT2D eigenvalue weighted by Crippen LogP contribution is 2.28. The predicted octanol–water partition coefficient (Wildman–Crippen LogP) is 6.68. The van der Waals surface area contributed by atoms with Crippen molar-refractivity contribution in [3.05, 3.63) is 58.2 Å². The van der Waals surface area contributed by atoms with Crippen LogP contribution < -0.4 is 15.1 Å². The second-order valence-corrected chi connectivity index (χ2v) is 13.5. The van der Waals surface area contributed by atoms with E-state index in [1.54, 1.807) is 11.0 Å². The van der Waals surface area contributed by atoms with Gasteiger partial charge >= 0.3 is 6.09 Å². The lowest BCUT2D eigenvalue weighted by Crippen LogP contribution is -2.50. The molecule has 2 saturated heterocycles. The molecule has 2 aliphatic heterocycles. The molecule has 0 aliphatic carbocycles. The van der Waals surface area contributed by atoms with E-state index in [2.05, 4.69) is 36.2 Å². The van der Waals surface area contributed by atoms with Crippen LogP contribution in [0.15, 0.2) is 24.3 Å². The van der Waals surface area contributed by atoms with E-state index in [4.69, 9.17) is 4.74 Å². The first-order valence-electron chi connectivity index (χ1n) is 15.9. The summed E-state index contributed by atoms with van der Waals surface area (Å²) in [4.78, 5) is 18.1. The highest BCUT2D eigenvalue weighted by Gasteiger charge is 2.27. The minimum absolute atomic E-state index is 0. The standard InChI is InChI=1S/C20H28FN3O2.C15H20FN3.ClH/c1-14(2)10-15-12-18(16(13-22)11-17(15)21)23-6-8-24(9-7-23)19(25)26-20(3,4)5;1-11(2)7-12-9-15(13(10-17)8-14(12)16)19-5-3-18-4-6-19;/h11-12,14H,6-10H2,1-5H3;8-9,11,18H,3-7H2,1-2H3;1H. The van der Waals surface area contributed by atoms with Crippen molar-refractivity contribution in [2.75, 3.05) is 62.2 Å². The van der Waals surface area contributed by atoms with E-state index < -0.39 is 5.60 Å². The van der Waals surface area contributed by atoms with Gasteiger partial charge in [0.1, 0.15) is 29.4 Å². The normalized spacial score (nSPS) is 15.0. The van der Waals surface area contributed by atoms with Crippen LogP contribution in [0.2, 0.25) is 0 Å². The van der Waals surface area contributed by atoms with Crippen LogP contribution >= 0.6 is 12.4 Å². The summed E-state index contributed by atoms with van der Waals surface area (Å²) in [5.74, 6) is 0.142. The molecular weight excluding hydrogens is 610 g/mol. The molecule has 2 aliphatic rings.